The summed E-state index contributed by atoms with van der Waals surface area (Å²) in [6.07, 6.45) is 0. The summed E-state index contributed by atoms with van der Waals surface area (Å²) >= 11 is 1.29. The van der Waals surface area contributed by atoms with Crippen molar-refractivity contribution in [1.82, 2.24) is 0 Å². The first-order valence-corrected chi connectivity index (χ1v) is 5.71. The summed E-state index contributed by atoms with van der Waals surface area (Å²) < 4.78 is 17.7. The normalized spacial score (nSPS) is 10.2. The molecule has 0 fully saturated rings. The van der Waals surface area contributed by atoms with Gasteiger partial charge in [-0.2, -0.15) is 0 Å². The number of rotatable bonds is 2. The van der Waals surface area contributed by atoms with Crippen LogP contribution in [0, 0.1) is 5.82 Å². The minimum atomic E-state index is -0.417. The first kappa shape index (κ1) is 11.6. The van der Waals surface area contributed by atoms with E-state index >= 15 is 0 Å². The summed E-state index contributed by atoms with van der Waals surface area (Å²) in [5, 5.41) is 0.430. The highest BCUT2D eigenvalue weighted by Gasteiger charge is 2.10. The van der Waals surface area contributed by atoms with Crippen molar-refractivity contribution in [2.24, 2.45) is 0 Å². The van der Waals surface area contributed by atoms with E-state index in [-0.39, 0.29) is 5.82 Å². The first-order valence-electron chi connectivity index (χ1n) is 4.90. The molecule has 0 spiro atoms. The molecular formula is C12H10FNO2S. The van der Waals surface area contributed by atoms with Crippen molar-refractivity contribution in [3.8, 4) is 16.2 Å². The van der Waals surface area contributed by atoms with Gasteiger partial charge in [-0.3, -0.25) is 4.79 Å². The number of nitrogens with two attached hydrogens (primary N) is 1. The molecule has 0 bridgehead atoms. The molecule has 0 saturated heterocycles. The van der Waals surface area contributed by atoms with Gasteiger partial charge in [0.15, 0.2) is 5.75 Å². The summed E-state index contributed by atoms with van der Waals surface area (Å²) in [5.74, 6) is -0.361. The molecule has 5 heteroatoms. The SMILES string of the molecule is CC(=O)Oc1cc(-c2ccc(F)cc2)sc1N. The standard InChI is InChI=1S/C12H10FNO2S/c1-7(15)16-10-6-11(17-12(10)14)8-2-4-9(13)5-3-8/h2-6H,14H2,1H3. The molecule has 2 rings (SSSR count). The Labute approximate surface area is 102 Å². The van der Waals surface area contributed by atoms with Crippen molar-refractivity contribution < 1.29 is 13.9 Å². The van der Waals surface area contributed by atoms with Gasteiger partial charge in [-0.1, -0.05) is 12.1 Å². The number of nitrogen functional groups attached to an aromatic ring is 1. The van der Waals surface area contributed by atoms with Gasteiger partial charge in [-0.05, 0) is 17.7 Å². The predicted octanol–water partition coefficient (Wildman–Crippen LogP) is 3.06. The van der Waals surface area contributed by atoms with Crippen LogP contribution < -0.4 is 10.5 Å². The van der Waals surface area contributed by atoms with Gasteiger partial charge in [0.05, 0.1) is 0 Å². The maximum atomic E-state index is 12.8. The Bertz CT molecular complexity index is 548. The minimum absolute atomic E-state index is 0.293. The Morgan fingerprint density at radius 2 is 2.00 bits per heavy atom. The van der Waals surface area contributed by atoms with E-state index in [9.17, 15) is 9.18 Å². The lowest BCUT2D eigenvalue weighted by Crippen LogP contribution is -2.01. The Balaban J connectivity index is 2.34. The Kier molecular flexibility index (Phi) is 3.10. The lowest BCUT2D eigenvalue weighted by atomic mass is 10.2. The largest absolute Gasteiger partial charge is 0.424 e. The lowest BCUT2D eigenvalue weighted by Gasteiger charge is -1.97. The number of thiophene rings is 1. The van der Waals surface area contributed by atoms with Gasteiger partial charge in [0.1, 0.15) is 10.8 Å². The number of halogens is 1. The zero-order valence-electron chi connectivity index (χ0n) is 9.07. The fourth-order valence-electron chi connectivity index (χ4n) is 1.38. The third-order valence-electron chi connectivity index (χ3n) is 2.11. The highest BCUT2D eigenvalue weighted by Crippen LogP contribution is 2.38. The van der Waals surface area contributed by atoms with E-state index in [2.05, 4.69) is 0 Å². The van der Waals surface area contributed by atoms with E-state index in [1.165, 1.54) is 30.4 Å². The topological polar surface area (TPSA) is 52.3 Å². The quantitative estimate of drug-likeness (QED) is 0.834. The van der Waals surface area contributed by atoms with Crippen molar-refractivity contribution in [3.63, 3.8) is 0 Å². The smallest absolute Gasteiger partial charge is 0.308 e. The Morgan fingerprint density at radius 3 is 2.59 bits per heavy atom. The number of carbonyl (C=O) groups is 1. The fraction of sp³-hybridized carbons (Fsp3) is 0.0833. The molecule has 17 heavy (non-hydrogen) atoms. The molecule has 2 aromatic rings. The van der Waals surface area contributed by atoms with Crippen LogP contribution in [-0.4, -0.2) is 5.97 Å². The molecule has 1 heterocycles. The molecule has 0 aliphatic carbocycles. The fourth-order valence-corrected chi connectivity index (χ4v) is 2.24. The zero-order chi connectivity index (χ0) is 12.4. The second-order valence-corrected chi connectivity index (χ2v) is 4.52. The number of ether oxygens (including phenoxy) is 1. The van der Waals surface area contributed by atoms with Gasteiger partial charge < -0.3 is 10.5 Å². The zero-order valence-corrected chi connectivity index (χ0v) is 9.88. The maximum Gasteiger partial charge on any atom is 0.308 e. The molecule has 0 saturated carbocycles. The van der Waals surface area contributed by atoms with Crippen molar-refractivity contribution in [1.29, 1.82) is 0 Å². The molecule has 1 aromatic heterocycles. The van der Waals surface area contributed by atoms with Crippen LogP contribution in [0.4, 0.5) is 9.39 Å². The molecule has 0 aliphatic rings. The van der Waals surface area contributed by atoms with E-state index in [4.69, 9.17) is 10.5 Å². The van der Waals surface area contributed by atoms with Crippen LogP contribution in [0.1, 0.15) is 6.92 Å². The minimum Gasteiger partial charge on any atom is -0.424 e. The summed E-state index contributed by atoms with van der Waals surface area (Å²) in [6.45, 7) is 1.31. The second-order valence-electron chi connectivity index (χ2n) is 3.44. The van der Waals surface area contributed by atoms with E-state index in [1.807, 2.05) is 0 Å². The van der Waals surface area contributed by atoms with Crippen LogP contribution in [0.25, 0.3) is 10.4 Å². The summed E-state index contributed by atoms with van der Waals surface area (Å²) in [7, 11) is 0. The number of carbonyl (C=O) groups excluding carboxylic acids is 1. The van der Waals surface area contributed by atoms with Crippen LogP contribution in [0.3, 0.4) is 0 Å². The third kappa shape index (κ3) is 2.62. The number of hydrogen-bond acceptors (Lipinski definition) is 4. The number of esters is 1. The van der Waals surface area contributed by atoms with E-state index < -0.39 is 5.97 Å². The van der Waals surface area contributed by atoms with E-state index in [0.717, 1.165) is 10.4 Å². The van der Waals surface area contributed by atoms with Crippen LogP contribution in [0.5, 0.6) is 5.75 Å². The van der Waals surface area contributed by atoms with Crippen molar-refractivity contribution in [2.45, 2.75) is 6.92 Å². The predicted molar refractivity (Wildman–Crippen MR) is 65.4 cm³/mol. The van der Waals surface area contributed by atoms with Gasteiger partial charge >= 0.3 is 5.97 Å². The molecule has 0 amide bonds. The number of benzene rings is 1. The van der Waals surface area contributed by atoms with Crippen LogP contribution >= 0.6 is 11.3 Å². The highest BCUT2D eigenvalue weighted by atomic mass is 32.1. The molecule has 0 aliphatic heterocycles. The molecule has 3 nitrogen and oxygen atoms in total. The van der Waals surface area contributed by atoms with Crippen molar-refractivity contribution in [3.05, 3.63) is 36.1 Å². The van der Waals surface area contributed by atoms with Gasteiger partial charge in [-0.15, -0.1) is 11.3 Å². The molecule has 1 aromatic carbocycles. The monoisotopic (exact) mass is 251 g/mol. The summed E-state index contributed by atoms with van der Waals surface area (Å²) in [4.78, 5) is 11.7. The van der Waals surface area contributed by atoms with Gasteiger partial charge in [0, 0.05) is 17.9 Å². The molecule has 88 valence electrons. The third-order valence-corrected chi connectivity index (χ3v) is 3.10. The van der Waals surface area contributed by atoms with Crippen molar-refractivity contribution >= 4 is 22.3 Å². The maximum absolute atomic E-state index is 12.8. The average Bonchev–Trinajstić information content (AvgIpc) is 2.60. The highest BCUT2D eigenvalue weighted by molar-refractivity contribution is 7.19. The van der Waals surface area contributed by atoms with Gasteiger partial charge in [-0.25, -0.2) is 4.39 Å². The molecule has 0 unspecified atom stereocenters. The summed E-state index contributed by atoms with van der Waals surface area (Å²) in [5.41, 5.74) is 6.56. The first-order chi connectivity index (χ1) is 8.06. The second kappa shape index (κ2) is 4.55. The number of anilines is 1. The van der Waals surface area contributed by atoms with Crippen molar-refractivity contribution in [2.75, 3.05) is 5.73 Å². The molecular weight excluding hydrogens is 241 g/mol. The molecule has 2 N–H and O–H groups in total. The van der Waals surface area contributed by atoms with E-state index in [1.54, 1.807) is 18.2 Å². The van der Waals surface area contributed by atoms with Gasteiger partial charge in [0.2, 0.25) is 0 Å². The average molecular weight is 251 g/mol. The number of hydrogen-bond donors (Lipinski definition) is 1. The lowest BCUT2D eigenvalue weighted by molar-refractivity contribution is -0.131. The molecule has 0 radical (unpaired) electrons. The van der Waals surface area contributed by atoms with Crippen LogP contribution in [0.15, 0.2) is 30.3 Å². The molecule has 0 atom stereocenters. The Hall–Kier alpha value is -1.88. The summed E-state index contributed by atoms with van der Waals surface area (Å²) in [6, 6.07) is 7.72. The van der Waals surface area contributed by atoms with Gasteiger partial charge in [0.25, 0.3) is 0 Å². The van der Waals surface area contributed by atoms with E-state index in [0.29, 0.717) is 10.8 Å². The Morgan fingerprint density at radius 1 is 1.35 bits per heavy atom. The van der Waals surface area contributed by atoms with Crippen LogP contribution in [-0.2, 0) is 4.79 Å². The van der Waals surface area contributed by atoms with Crippen LogP contribution in [0.2, 0.25) is 0 Å².